The van der Waals surface area contributed by atoms with E-state index in [1.54, 1.807) is 4.90 Å². The fraction of sp³-hybridized carbons (Fsp3) is 0.831. The Kier molecular flexibility index (Phi) is 29.1. The van der Waals surface area contributed by atoms with Crippen molar-refractivity contribution in [2.45, 2.75) is 160 Å². The first kappa shape index (κ1) is 73.9. The minimum Gasteiger partial charge on any atom is -0.481 e. The van der Waals surface area contributed by atoms with E-state index in [9.17, 15) is 99.0 Å². The van der Waals surface area contributed by atoms with Gasteiger partial charge in [0.25, 0.3) is 0 Å². The smallest absolute Gasteiger partial charge is 0.410 e. The predicted octanol–water partition coefficient (Wildman–Crippen LogP) is 1.76. The second kappa shape index (κ2) is 35.1. The molecule has 1 heterocycles. The number of hydrogen-bond acceptors (Lipinski definition) is 20. The Morgan fingerprint density at radius 2 is 1.02 bits per heavy atom. The van der Waals surface area contributed by atoms with Gasteiger partial charge in [-0.1, -0.05) is 33.6 Å². The number of aliphatic hydroxyl groups excluding tert-OH is 1. The molecule has 0 aromatic heterocycles. The third kappa shape index (κ3) is 21.9. The van der Waals surface area contributed by atoms with Gasteiger partial charge in [0.15, 0.2) is 0 Å². The molecule has 0 aromatic carbocycles. The minimum atomic E-state index is -1.32. The second-order valence-corrected chi connectivity index (χ2v) is 25.7. The zero-order valence-corrected chi connectivity index (χ0v) is 51.6. The summed E-state index contributed by atoms with van der Waals surface area (Å²) in [6, 6.07) is -2.55. The number of ether oxygens (including phenoxy) is 3. The third-order valence-electron chi connectivity index (χ3n) is 20.0. The number of carboxylic acids is 9. The number of nitrogens with zero attached hydrogens (tertiary/aromatic N) is 5. The minimum absolute atomic E-state index is 0.0116. The molecule has 0 bridgehead atoms. The molecule has 0 radical (unpaired) electrons. The number of rotatable bonds is 43. The van der Waals surface area contributed by atoms with E-state index in [1.807, 2.05) is 0 Å². The first-order chi connectivity index (χ1) is 42.0. The highest BCUT2D eigenvalue weighted by Crippen LogP contribution is 2.68. The molecule has 7 unspecified atom stereocenters. The van der Waals surface area contributed by atoms with Crippen LogP contribution in [0.15, 0.2) is 0 Å². The van der Waals surface area contributed by atoms with Gasteiger partial charge in [-0.15, -0.1) is 0 Å². The molecule has 5 fully saturated rings. The number of carbonyl (C=O) groups excluding carboxylic acids is 1. The van der Waals surface area contributed by atoms with E-state index in [-0.39, 0.29) is 107 Å². The van der Waals surface area contributed by atoms with Crippen molar-refractivity contribution in [1.82, 2.24) is 35.1 Å². The van der Waals surface area contributed by atoms with Crippen LogP contribution in [0, 0.1) is 46.3 Å². The van der Waals surface area contributed by atoms with Crippen molar-refractivity contribution in [2.75, 3.05) is 105 Å². The van der Waals surface area contributed by atoms with Crippen LogP contribution in [-0.2, 0) is 57.4 Å². The number of amides is 1. The van der Waals surface area contributed by atoms with Gasteiger partial charge in [-0.2, -0.15) is 0 Å². The summed E-state index contributed by atoms with van der Waals surface area (Å²) in [5, 5.41) is 104. The number of likely N-dealkylation sites (tertiary alicyclic amines) is 1. The monoisotopic (exact) mass is 1270 g/mol. The molecule has 30 nitrogen and oxygen atoms in total. The van der Waals surface area contributed by atoms with Crippen molar-refractivity contribution >= 4 is 59.8 Å². The second-order valence-electron chi connectivity index (χ2n) is 25.7. The van der Waals surface area contributed by atoms with Crippen LogP contribution in [0.3, 0.4) is 0 Å². The third-order valence-corrected chi connectivity index (χ3v) is 20.0. The van der Waals surface area contributed by atoms with Crippen LogP contribution in [0.4, 0.5) is 4.79 Å². The lowest BCUT2D eigenvalue weighted by molar-refractivity contribution is -0.175. The Bertz CT molecular complexity index is 2280. The first-order valence-corrected chi connectivity index (χ1v) is 31.2. The molecule has 1 aliphatic heterocycles. The summed E-state index contributed by atoms with van der Waals surface area (Å²) in [4.78, 5) is 125. The number of aliphatic carboxylic acids is 9. The van der Waals surface area contributed by atoms with Gasteiger partial charge in [0.05, 0.1) is 71.9 Å². The molecule has 1 amide bonds. The summed E-state index contributed by atoms with van der Waals surface area (Å²) >= 11 is 0. The standard InChI is InChI=1S/C59H97N7O23/c1-36(10-15-48(68)69)40-13-14-41-39-12-11-37-24-38(16-17-58(37,2)42(39)25-47(67)59(40,41)3)89-57(86)66-26-45(87-34-60-18-6-4-8-43(55(82)83)64(32-53(78)79)22-20-62(28-49(70)71)29-50(72)73)46(27-66)88-35-61-19-7-5-9-44(56(84)85)65(33-54(80)81)23-21-63(30-51(74)75)31-52(76)77/h36-47,60-61,67H,4-35H2,1-3H3,(H,68,69)(H,70,71)(H,72,73)(H,74,75)(H,76,77)(H,78,79)(H,80,81)(H,82,83)(H,84,85)/t36?,37-,38?,39?,40-,41?,42?,43+,44+,45?,46?,47+,58+,59-/m1/s1. The lowest BCUT2D eigenvalue weighted by Crippen LogP contribution is -2.59. The van der Waals surface area contributed by atoms with E-state index >= 15 is 0 Å². The summed E-state index contributed by atoms with van der Waals surface area (Å²) in [6.07, 6.45) is 6.43. The van der Waals surface area contributed by atoms with Gasteiger partial charge in [-0.05, 0) is 143 Å². The number of nitrogens with one attached hydrogen (secondary N) is 2. The summed E-state index contributed by atoms with van der Waals surface area (Å²) in [6.45, 7) is 2.77. The highest BCUT2D eigenvalue weighted by molar-refractivity contribution is 5.77. The van der Waals surface area contributed by atoms with Crippen LogP contribution in [-0.4, -0.2) is 277 Å². The van der Waals surface area contributed by atoms with Crippen LogP contribution in [0.5, 0.6) is 0 Å². The zero-order chi connectivity index (χ0) is 65.8. The van der Waals surface area contributed by atoms with Crippen LogP contribution >= 0.6 is 0 Å². The summed E-state index contributed by atoms with van der Waals surface area (Å²) < 4.78 is 18.8. The number of carboxylic acid groups (broad SMARTS) is 9. The highest BCUT2D eigenvalue weighted by atomic mass is 16.6. The van der Waals surface area contributed by atoms with Crippen LogP contribution in [0.25, 0.3) is 0 Å². The predicted molar refractivity (Wildman–Crippen MR) is 312 cm³/mol. The number of unbranched alkanes of at least 4 members (excludes halogenated alkanes) is 2. The van der Waals surface area contributed by atoms with Crippen LogP contribution < -0.4 is 10.6 Å². The van der Waals surface area contributed by atoms with Crippen molar-refractivity contribution in [3.63, 3.8) is 0 Å². The Morgan fingerprint density at radius 1 is 0.551 bits per heavy atom. The maximum Gasteiger partial charge on any atom is 0.410 e. The van der Waals surface area contributed by atoms with E-state index < -0.39 is 129 Å². The Balaban J connectivity index is 1.17. The van der Waals surface area contributed by atoms with Crippen LogP contribution in [0.2, 0.25) is 0 Å². The summed E-state index contributed by atoms with van der Waals surface area (Å²) in [5.74, 6) is -9.46. The van der Waals surface area contributed by atoms with Crippen molar-refractivity contribution in [2.24, 2.45) is 46.3 Å². The molecule has 89 heavy (non-hydrogen) atoms. The molecular formula is C59H97N7O23. The van der Waals surface area contributed by atoms with E-state index in [1.165, 1.54) is 0 Å². The Morgan fingerprint density at radius 3 is 1.46 bits per heavy atom. The van der Waals surface area contributed by atoms with Gasteiger partial charge < -0.3 is 70.2 Å². The van der Waals surface area contributed by atoms with Gasteiger partial charge in [0, 0.05) is 32.6 Å². The molecule has 1 saturated heterocycles. The molecule has 506 valence electrons. The number of aliphatic hydroxyl groups is 1. The van der Waals surface area contributed by atoms with E-state index in [2.05, 4.69) is 31.4 Å². The van der Waals surface area contributed by atoms with Gasteiger partial charge in [0.1, 0.15) is 30.4 Å². The molecule has 5 rings (SSSR count). The number of fused-ring (bicyclic) bond motifs is 5. The molecule has 0 aromatic rings. The molecular weight excluding hydrogens is 1170 g/mol. The van der Waals surface area contributed by atoms with Gasteiger partial charge in [-0.3, -0.25) is 73.4 Å². The maximum absolute atomic E-state index is 14.1. The average Bonchev–Trinajstić information content (AvgIpc) is 1.70. The Hall–Kier alpha value is -5.86. The van der Waals surface area contributed by atoms with Crippen molar-refractivity contribution in [3.05, 3.63) is 0 Å². The summed E-state index contributed by atoms with van der Waals surface area (Å²) in [5.41, 5.74) is -0.330. The topological polar surface area (TPSA) is 441 Å². The summed E-state index contributed by atoms with van der Waals surface area (Å²) in [7, 11) is 0. The van der Waals surface area contributed by atoms with Gasteiger partial charge in [-0.25, -0.2) is 4.79 Å². The fourth-order valence-electron chi connectivity index (χ4n) is 15.6. The SMILES string of the molecule is CC(CCC(=O)O)[C@H]1CCC2C3CC[C@@H]4CC(OC(=O)N5CC(OCNCCCC[C@@H](C(=O)O)N(CCN(CC(=O)O)CC(=O)O)CC(=O)O)C(OCNCCCC[C@@H](C(=O)O)N(CCN(CC(=O)O)CC(=O)O)CC(=O)O)C5)CC[C@]4(C)C3C[C@H](O)[C@@]21C. The molecule has 4 aliphatic carbocycles. The van der Waals surface area contributed by atoms with Crippen molar-refractivity contribution in [1.29, 1.82) is 0 Å². The van der Waals surface area contributed by atoms with Gasteiger partial charge in [0.2, 0.25) is 0 Å². The lowest BCUT2D eigenvalue weighted by atomic mass is 9.43. The number of carbonyl (C=O) groups is 10. The lowest BCUT2D eigenvalue weighted by Gasteiger charge is -2.62. The van der Waals surface area contributed by atoms with E-state index in [0.29, 0.717) is 82.2 Å². The average molecular weight is 1270 g/mol. The molecule has 4 saturated carbocycles. The fourth-order valence-corrected chi connectivity index (χ4v) is 15.6. The molecule has 12 N–H and O–H groups in total. The normalized spacial score (nSPS) is 27.6. The molecule has 5 aliphatic rings. The van der Waals surface area contributed by atoms with E-state index in [4.69, 9.17) is 14.2 Å². The largest absolute Gasteiger partial charge is 0.481 e. The first-order valence-electron chi connectivity index (χ1n) is 31.2. The van der Waals surface area contributed by atoms with Crippen molar-refractivity contribution < 1.29 is 113 Å². The number of hydrogen-bond donors (Lipinski definition) is 12. The molecule has 14 atom stereocenters. The molecule has 0 spiro atoms. The van der Waals surface area contributed by atoms with E-state index in [0.717, 1.165) is 51.7 Å². The quantitative estimate of drug-likeness (QED) is 0.0306. The van der Waals surface area contributed by atoms with Crippen LogP contribution in [0.1, 0.15) is 124 Å². The molecule has 30 heteroatoms. The Labute approximate surface area is 518 Å². The highest BCUT2D eigenvalue weighted by Gasteiger charge is 2.64. The maximum atomic E-state index is 14.1. The van der Waals surface area contributed by atoms with Gasteiger partial charge >= 0.3 is 59.8 Å². The zero-order valence-electron chi connectivity index (χ0n) is 51.6. The van der Waals surface area contributed by atoms with Crippen molar-refractivity contribution in [3.8, 4) is 0 Å².